The van der Waals surface area contributed by atoms with Crippen LogP contribution in [0.25, 0.3) is 0 Å². The molecule has 1 N–H and O–H groups in total. The smallest absolute Gasteiger partial charge is 0.310 e. The Labute approximate surface area is 163 Å². The molecular formula is C17H33IN4O2. The van der Waals surface area contributed by atoms with Crippen molar-refractivity contribution in [1.29, 1.82) is 0 Å². The molecule has 2 aliphatic rings. The minimum absolute atomic E-state index is 0. The van der Waals surface area contributed by atoms with Gasteiger partial charge in [0.05, 0.1) is 13.0 Å². The number of guanidine groups is 1. The minimum atomic E-state index is -0.113. The largest absolute Gasteiger partial charge is 0.469 e. The van der Waals surface area contributed by atoms with Crippen LogP contribution >= 0.6 is 24.0 Å². The summed E-state index contributed by atoms with van der Waals surface area (Å²) in [4.78, 5) is 20.9. The first-order valence-electron chi connectivity index (χ1n) is 8.81. The fraction of sp³-hybridized carbons (Fsp3) is 0.882. The lowest BCUT2D eigenvalue weighted by Gasteiger charge is -2.30. The highest BCUT2D eigenvalue weighted by atomic mass is 127. The van der Waals surface area contributed by atoms with Crippen molar-refractivity contribution in [2.45, 2.75) is 26.7 Å². The second-order valence-corrected chi connectivity index (χ2v) is 7.01. The maximum Gasteiger partial charge on any atom is 0.310 e. The van der Waals surface area contributed by atoms with Crippen LogP contribution in [0.2, 0.25) is 0 Å². The molecule has 0 saturated carbocycles. The van der Waals surface area contributed by atoms with Crippen LogP contribution in [-0.2, 0) is 9.53 Å². The molecule has 2 aliphatic heterocycles. The van der Waals surface area contributed by atoms with E-state index in [0.29, 0.717) is 12.5 Å². The quantitative estimate of drug-likeness (QED) is 0.304. The van der Waals surface area contributed by atoms with Gasteiger partial charge in [-0.2, -0.15) is 0 Å². The molecule has 0 aliphatic carbocycles. The monoisotopic (exact) mass is 452 g/mol. The average molecular weight is 452 g/mol. The molecule has 0 aromatic heterocycles. The van der Waals surface area contributed by atoms with E-state index < -0.39 is 0 Å². The number of hydrogen-bond donors (Lipinski definition) is 1. The summed E-state index contributed by atoms with van der Waals surface area (Å²) in [6.45, 7) is 10.3. The van der Waals surface area contributed by atoms with E-state index in [4.69, 9.17) is 4.74 Å². The van der Waals surface area contributed by atoms with Crippen molar-refractivity contribution in [2.75, 3.05) is 53.4 Å². The fourth-order valence-electron chi connectivity index (χ4n) is 3.54. The van der Waals surface area contributed by atoms with Crippen molar-refractivity contribution < 1.29 is 9.53 Å². The molecule has 2 unspecified atom stereocenters. The molecule has 7 heteroatoms. The molecule has 2 rings (SSSR count). The Morgan fingerprint density at radius 2 is 1.92 bits per heavy atom. The highest BCUT2D eigenvalue weighted by Gasteiger charge is 2.36. The normalized spacial score (nSPS) is 26.2. The number of hydrogen-bond acceptors (Lipinski definition) is 4. The van der Waals surface area contributed by atoms with Gasteiger partial charge in [-0.3, -0.25) is 9.79 Å². The van der Waals surface area contributed by atoms with Crippen molar-refractivity contribution in [3.05, 3.63) is 0 Å². The Morgan fingerprint density at radius 1 is 1.25 bits per heavy atom. The van der Waals surface area contributed by atoms with Crippen molar-refractivity contribution >= 4 is 35.9 Å². The summed E-state index contributed by atoms with van der Waals surface area (Å²) in [6.07, 6.45) is 2.61. The van der Waals surface area contributed by atoms with Crippen LogP contribution in [0.4, 0.5) is 0 Å². The number of likely N-dealkylation sites (tertiary alicyclic amines) is 2. The summed E-state index contributed by atoms with van der Waals surface area (Å²) in [7, 11) is 3.27. The van der Waals surface area contributed by atoms with Gasteiger partial charge >= 0.3 is 5.97 Å². The zero-order chi connectivity index (χ0) is 16.8. The maximum atomic E-state index is 11.8. The molecule has 0 aromatic carbocycles. The average Bonchev–Trinajstić information content (AvgIpc) is 2.94. The van der Waals surface area contributed by atoms with E-state index >= 15 is 0 Å². The van der Waals surface area contributed by atoms with Crippen LogP contribution in [0, 0.1) is 17.8 Å². The lowest BCUT2D eigenvalue weighted by atomic mass is 9.99. The molecule has 2 heterocycles. The van der Waals surface area contributed by atoms with Gasteiger partial charge in [0.1, 0.15) is 0 Å². The number of piperidine rings is 1. The van der Waals surface area contributed by atoms with Crippen LogP contribution in [0.3, 0.4) is 0 Å². The molecule has 2 saturated heterocycles. The molecule has 2 fully saturated rings. The third-order valence-electron chi connectivity index (χ3n) is 5.22. The Hall–Kier alpha value is -0.570. The second kappa shape index (κ2) is 10.4. The molecule has 24 heavy (non-hydrogen) atoms. The molecule has 140 valence electrons. The van der Waals surface area contributed by atoms with Crippen LogP contribution in [-0.4, -0.2) is 75.2 Å². The lowest BCUT2D eigenvalue weighted by molar-refractivity contribution is -0.145. The zero-order valence-electron chi connectivity index (χ0n) is 15.5. The van der Waals surface area contributed by atoms with Gasteiger partial charge in [-0.05, 0) is 37.8 Å². The SMILES string of the molecule is CN=C(NCCN1CCC(C)CC1)N1CC(C)C(C(=O)OC)C1.I. The molecule has 0 bridgehead atoms. The van der Waals surface area contributed by atoms with Crippen LogP contribution < -0.4 is 5.32 Å². The van der Waals surface area contributed by atoms with Crippen molar-refractivity contribution in [3.63, 3.8) is 0 Å². The molecule has 2 atom stereocenters. The molecule has 0 amide bonds. The van der Waals surface area contributed by atoms with Gasteiger partial charge in [-0.25, -0.2) is 0 Å². The number of halogens is 1. The van der Waals surface area contributed by atoms with Crippen molar-refractivity contribution in [3.8, 4) is 0 Å². The zero-order valence-corrected chi connectivity index (χ0v) is 17.8. The highest BCUT2D eigenvalue weighted by Crippen LogP contribution is 2.24. The van der Waals surface area contributed by atoms with Gasteiger partial charge in [0, 0.05) is 33.2 Å². The van der Waals surface area contributed by atoms with Gasteiger partial charge in [0.25, 0.3) is 0 Å². The molecular weight excluding hydrogens is 419 g/mol. The number of methoxy groups -OCH3 is 1. The Kier molecular flexibility index (Phi) is 9.33. The third kappa shape index (κ3) is 5.75. The van der Waals surface area contributed by atoms with E-state index in [0.717, 1.165) is 31.5 Å². The Morgan fingerprint density at radius 3 is 2.50 bits per heavy atom. The molecule has 0 spiro atoms. The summed E-state index contributed by atoms with van der Waals surface area (Å²) in [6, 6.07) is 0. The number of ether oxygens (including phenoxy) is 1. The number of nitrogens with zero attached hydrogens (tertiary/aromatic N) is 3. The summed E-state index contributed by atoms with van der Waals surface area (Å²) >= 11 is 0. The van der Waals surface area contributed by atoms with Crippen molar-refractivity contribution in [1.82, 2.24) is 15.1 Å². The van der Waals surface area contributed by atoms with Crippen LogP contribution in [0.5, 0.6) is 0 Å². The minimum Gasteiger partial charge on any atom is -0.469 e. The number of carbonyl (C=O) groups excluding carboxylic acids is 1. The first kappa shape index (κ1) is 21.5. The first-order valence-corrected chi connectivity index (χ1v) is 8.81. The van der Waals surface area contributed by atoms with E-state index in [2.05, 4.69) is 34.0 Å². The molecule has 0 aromatic rings. The number of rotatable bonds is 4. The standard InChI is InChI=1S/C17H32N4O2.HI/c1-13-5-8-20(9-6-13)10-7-19-17(18-3)21-11-14(2)15(12-21)16(22)23-4;/h13-15H,5-12H2,1-4H3,(H,18,19);1H. The van der Waals surface area contributed by atoms with Gasteiger partial charge in [-0.15, -0.1) is 24.0 Å². The van der Waals surface area contributed by atoms with E-state index in [9.17, 15) is 4.79 Å². The van der Waals surface area contributed by atoms with E-state index in [1.54, 1.807) is 7.05 Å². The molecule has 6 nitrogen and oxygen atoms in total. The van der Waals surface area contributed by atoms with Crippen molar-refractivity contribution in [2.24, 2.45) is 22.7 Å². The predicted octanol–water partition coefficient (Wildman–Crippen LogP) is 1.65. The van der Waals surface area contributed by atoms with Gasteiger partial charge in [0.15, 0.2) is 5.96 Å². The van der Waals surface area contributed by atoms with E-state index in [1.165, 1.54) is 33.0 Å². The number of aliphatic imine (C=N–C) groups is 1. The summed E-state index contributed by atoms with van der Waals surface area (Å²) in [5, 5.41) is 3.45. The third-order valence-corrected chi connectivity index (χ3v) is 5.22. The molecule has 0 radical (unpaired) electrons. The number of carbonyl (C=O) groups is 1. The Bertz CT molecular complexity index is 425. The first-order chi connectivity index (χ1) is 11.0. The summed E-state index contributed by atoms with van der Waals surface area (Å²) in [5.74, 6) is 1.89. The Balaban J connectivity index is 0.00000288. The van der Waals surface area contributed by atoms with Gasteiger partial charge < -0.3 is 19.9 Å². The van der Waals surface area contributed by atoms with Gasteiger partial charge in [-0.1, -0.05) is 13.8 Å². The highest BCUT2D eigenvalue weighted by molar-refractivity contribution is 14.0. The van der Waals surface area contributed by atoms with Crippen LogP contribution in [0.15, 0.2) is 4.99 Å². The lowest BCUT2D eigenvalue weighted by Crippen LogP contribution is -2.44. The van der Waals surface area contributed by atoms with E-state index in [1.807, 2.05) is 0 Å². The fourth-order valence-corrected chi connectivity index (χ4v) is 3.54. The predicted molar refractivity (Wildman–Crippen MR) is 108 cm³/mol. The van der Waals surface area contributed by atoms with E-state index in [-0.39, 0.29) is 35.9 Å². The second-order valence-electron chi connectivity index (χ2n) is 7.01. The number of esters is 1. The topological polar surface area (TPSA) is 57.2 Å². The number of nitrogens with one attached hydrogen (secondary N) is 1. The maximum absolute atomic E-state index is 11.8. The van der Waals surface area contributed by atoms with Crippen LogP contribution in [0.1, 0.15) is 26.7 Å². The van der Waals surface area contributed by atoms with Gasteiger partial charge in [0.2, 0.25) is 0 Å². The summed E-state index contributed by atoms with van der Waals surface area (Å²) < 4.78 is 4.90. The summed E-state index contributed by atoms with van der Waals surface area (Å²) in [5.41, 5.74) is 0.